The molecule has 1 aromatic heterocycles. The lowest BCUT2D eigenvalue weighted by Crippen LogP contribution is -2.44. The van der Waals surface area contributed by atoms with Crippen molar-refractivity contribution in [3.8, 4) is 5.75 Å². The Morgan fingerprint density at radius 1 is 1.11 bits per heavy atom. The Balaban J connectivity index is 2.09. The third-order valence-electron chi connectivity index (χ3n) is 3.80. The van der Waals surface area contributed by atoms with Gasteiger partial charge in [-0.2, -0.15) is 0 Å². The molecular formula is C15H19N3O. The van der Waals surface area contributed by atoms with Gasteiger partial charge in [0.1, 0.15) is 5.75 Å². The summed E-state index contributed by atoms with van der Waals surface area (Å²) in [4.78, 5) is 9.03. The van der Waals surface area contributed by atoms with Crippen molar-refractivity contribution in [1.29, 1.82) is 0 Å². The number of ether oxygens (including phenoxy) is 1. The highest BCUT2D eigenvalue weighted by atomic mass is 16.5. The third kappa shape index (κ3) is 2.24. The number of rotatable bonds is 2. The third-order valence-corrected chi connectivity index (χ3v) is 3.80. The molecule has 100 valence electrons. The summed E-state index contributed by atoms with van der Waals surface area (Å²) in [5.41, 5.74) is 1.18. The highest BCUT2D eigenvalue weighted by molar-refractivity contribution is 5.96. The molecule has 1 aliphatic heterocycles. The summed E-state index contributed by atoms with van der Waals surface area (Å²) in [5.74, 6) is 0.935. The molecular weight excluding hydrogens is 238 g/mol. The van der Waals surface area contributed by atoms with Gasteiger partial charge in [0.2, 0.25) is 0 Å². The van der Waals surface area contributed by atoms with Crippen LogP contribution in [0.3, 0.4) is 0 Å². The lowest BCUT2D eigenvalue weighted by atomic mass is 10.1. The van der Waals surface area contributed by atoms with Gasteiger partial charge in [0.25, 0.3) is 0 Å². The molecule has 1 saturated heterocycles. The van der Waals surface area contributed by atoms with Crippen LogP contribution in [0, 0.1) is 0 Å². The lowest BCUT2D eigenvalue weighted by Gasteiger charge is -2.35. The Labute approximate surface area is 113 Å². The van der Waals surface area contributed by atoms with Crippen molar-refractivity contribution >= 4 is 16.5 Å². The van der Waals surface area contributed by atoms with Crippen LogP contribution in [0.25, 0.3) is 10.8 Å². The number of benzene rings is 1. The van der Waals surface area contributed by atoms with E-state index in [1.807, 2.05) is 18.5 Å². The molecule has 1 fully saturated rings. The van der Waals surface area contributed by atoms with Crippen LogP contribution in [0.15, 0.2) is 30.6 Å². The van der Waals surface area contributed by atoms with Crippen molar-refractivity contribution in [3.05, 3.63) is 30.6 Å². The molecule has 19 heavy (non-hydrogen) atoms. The van der Waals surface area contributed by atoms with Crippen molar-refractivity contribution in [2.75, 3.05) is 45.2 Å². The van der Waals surface area contributed by atoms with Crippen molar-refractivity contribution in [2.45, 2.75) is 0 Å². The number of aromatic nitrogens is 1. The first-order chi connectivity index (χ1) is 9.29. The lowest BCUT2D eigenvalue weighted by molar-refractivity contribution is 0.311. The molecule has 3 rings (SSSR count). The van der Waals surface area contributed by atoms with Gasteiger partial charge in [-0.15, -0.1) is 0 Å². The van der Waals surface area contributed by atoms with Crippen LogP contribution < -0.4 is 9.64 Å². The van der Waals surface area contributed by atoms with Gasteiger partial charge >= 0.3 is 0 Å². The molecule has 2 aromatic rings. The van der Waals surface area contributed by atoms with Crippen molar-refractivity contribution in [2.24, 2.45) is 0 Å². The van der Waals surface area contributed by atoms with E-state index in [9.17, 15) is 0 Å². The number of anilines is 1. The highest BCUT2D eigenvalue weighted by Gasteiger charge is 2.19. The quantitative estimate of drug-likeness (QED) is 0.822. The number of methoxy groups -OCH3 is 1. The van der Waals surface area contributed by atoms with E-state index in [4.69, 9.17) is 4.74 Å². The Hall–Kier alpha value is -1.81. The molecule has 1 aliphatic rings. The second-order valence-electron chi connectivity index (χ2n) is 5.00. The first-order valence-corrected chi connectivity index (χ1v) is 6.64. The molecule has 0 atom stereocenters. The number of likely N-dealkylation sites (N-methyl/N-ethyl adjacent to an activating group) is 1. The molecule has 0 radical (unpaired) electrons. The Kier molecular flexibility index (Phi) is 3.25. The molecule has 0 amide bonds. The first-order valence-electron chi connectivity index (χ1n) is 6.64. The summed E-state index contributed by atoms with van der Waals surface area (Å²) < 4.78 is 5.55. The maximum atomic E-state index is 5.55. The summed E-state index contributed by atoms with van der Waals surface area (Å²) in [6, 6.07) is 6.19. The van der Waals surface area contributed by atoms with Gasteiger partial charge in [0.15, 0.2) is 0 Å². The van der Waals surface area contributed by atoms with Crippen molar-refractivity contribution < 1.29 is 4.74 Å². The fourth-order valence-electron chi connectivity index (χ4n) is 2.65. The minimum absolute atomic E-state index is 0.935. The van der Waals surface area contributed by atoms with Crippen LogP contribution in [0.2, 0.25) is 0 Å². The van der Waals surface area contributed by atoms with Gasteiger partial charge in [-0.05, 0) is 24.6 Å². The smallest absolute Gasteiger partial charge is 0.142 e. The van der Waals surface area contributed by atoms with Gasteiger partial charge < -0.3 is 14.5 Å². The predicted octanol–water partition coefficient (Wildman–Crippen LogP) is 2.00. The molecule has 4 nitrogen and oxygen atoms in total. The van der Waals surface area contributed by atoms with E-state index in [2.05, 4.69) is 34.0 Å². The number of fused-ring (bicyclic) bond motifs is 1. The molecule has 0 spiro atoms. The average molecular weight is 257 g/mol. The normalized spacial score (nSPS) is 16.8. The molecule has 0 bridgehead atoms. The second kappa shape index (κ2) is 5.05. The van der Waals surface area contributed by atoms with Crippen molar-refractivity contribution in [1.82, 2.24) is 9.88 Å². The zero-order chi connectivity index (χ0) is 13.2. The fourth-order valence-corrected chi connectivity index (χ4v) is 2.65. The van der Waals surface area contributed by atoms with Crippen molar-refractivity contribution in [3.63, 3.8) is 0 Å². The highest BCUT2D eigenvalue weighted by Crippen LogP contribution is 2.36. The van der Waals surface area contributed by atoms with E-state index < -0.39 is 0 Å². The minimum Gasteiger partial charge on any atom is -0.495 e. The summed E-state index contributed by atoms with van der Waals surface area (Å²) in [6.45, 7) is 4.22. The Morgan fingerprint density at radius 3 is 2.63 bits per heavy atom. The Bertz CT molecular complexity index is 577. The topological polar surface area (TPSA) is 28.6 Å². The van der Waals surface area contributed by atoms with Gasteiger partial charge in [0.05, 0.1) is 12.8 Å². The van der Waals surface area contributed by atoms with Gasteiger partial charge in [-0.25, -0.2) is 0 Å². The zero-order valence-electron chi connectivity index (χ0n) is 11.5. The maximum absolute atomic E-state index is 5.55. The first kappa shape index (κ1) is 12.2. The predicted molar refractivity (Wildman–Crippen MR) is 78.0 cm³/mol. The largest absolute Gasteiger partial charge is 0.495 e. The fraction of sp³-hybridized carbons (Fsp3) is 0.400. The van der Waals surface area contributed by atoms with E-state index >= 15 is 0 Å². The Morgan fingerprint density at radius 2 is 1.89 bits per heavy atom. The van der Waals surface area contributed by atoms with E-state index in [-0.39, 0.29) is 0 Å². The van der Waals surface area contributed by atoms with Crippen LogP contribution in [0.4, 0.5) is 5.69 Å². The van der Waals surface area contributed by atoms with E-state index in [0.717, 1.165) is 31.9 Å². The van der Waals surface area contributed by atoms with Crippen LogP contribution in [-0.2, 0) is 0 Å². The molecule has 0 saturated carbocycles. The average Bonchev–Trinajstić information content (AvgIpc) is 2.47. The minimum atomic E-state index is 0.935. The number of nitrogens with zero attached hydrogens (tertiary/aromatic N) is 3. The SMILES string of the molecule is COc1ccc2ccncc2c1N1CCN(C)CC1. The maximum Gasteiger partial charge on any atom is 0.142 e. The van der Waals surface area contributed by atoms with Crippen LogP contribution in [0.5, 0.6) is 5.75 Å². The van der Waals surface area contributed by atoms with Gasteiger partial charge in [-0.3, -0.25) is 4.98 Å². The summed E-state index contributed by atoms with van der Waals surface area (Å²) in [5, 5.41) is 2.39. The number of piperazine rings is 1. The van der Waals surface area contributed by atoms with Gasteiger partial charge in [0, 0.05) is 44.0 Å². The van der Waals surface area contributed by atoms with Crippen LogP contribution in [-0.4, -0.2) is 50.2 Å². The number of hydrogen-bond acceptors (Lipinski definition) is 4. The molecule has 4 heteroatoms. The molecule has 0 unspecified atom stereocenters. The second-order valence-corrected chi connectivity index (χ2v) is 5.00. The molecule has 1 aromatic carbocycles. The van der Waals surface area contributed by atoms with E-state index in [1.54, 1.807) is 7.11 Å². The van der Waals surface area contributed by atoms with E-state index in [0.29, 0.717) is 0 Å². The van der Waals surface area contributed by atoms with Gasteiger partial charge in [-0.1, -0.05) is 6.07 Å². The molecule has 2 heterocycles. The van der Waals surface area contributed by atoms with Crippen LogP contribution in [0.1, 0.15) is 0 Å². The van der Waals surface area contributed by atoms with E-state index in [1.165, 1.54) is 16.5 Å². The summed E-state index contributed by atoms with van der Waals surface area (Å²) >= 11 is 0. The zero-order valence-corrected chi connectivity index (χ0v) is 11.5. The molecule has 0 aliphatic carbocycles. The van der Waals surface area contributed by atoms with Crippen LogP contribution >= 0.6 is 0 Å². The summed E-state index contributed by atoms with van der Waals surface area (Å²) in [6.07, 6.45) is 3.77. The summed E-state index contributed by atoms with van der Waals surface area (Å²) in [7, 11) is 3.90. The number of pyridine rings is 1. The monoisotopic (exact) mass is 257 g/mol. The molecule has 0 N–H and O–H groups in total. The number of hydrogen-bond donors (Lipinski definition) is 0. The standard InChI is InChI=1S/C15H19N3O/c1-17-7-9-18(10-8-17)15-13-11-16-6-5-12(13)3-4-14(15)19-2/h3-6,11H,7-10H2,1-2H3.